The van der Waals surface area contributed by atoms with Crippen LogP contribution in [0.2, 0.25) is 0 Å². The summed E-state index contributed by atoms with van der Waals surface area (Å²) in [6.07, 6.45) is 3.37. The molecule has 8 heteroatoms. The molecule has 33 heavy (non-hydrogen) atoms. The van der Waals surface area contributed by atoms with Crippen LogP contribution in [0.3, 0.4) is 0 Å². The van der Waals surface area contributed by atoms with Crippen LogP contribution in [0.1, 0.15) is 30.0 Å². The van der Waals surface area contributed by atoms with E-state index in [-0.39, 0.29) is 42.5 Å². The van der Waals surface area contributed by atoms with E-state index in [1.54, 1.807) is 14.2 Å². The second-order valence-electron chi connectivity index (χ2n) is 8.26. The third kappa shape index (κ3) is 6.17. The number of guanidine groups is 1. The Bertz CT molecular complexity index is 944. The van der Waals surface area contributed by atoms with Crippen LogP contribution in [0.4, 0.5) is 5.69 Å². The number of ether oxygens (including phenoxy) is 1. The number of benzene rings is 2. The van der Waals surface area contributed by atoms with Gasteiger partial charge in [0.05, 0.1) is 19.7 Å². The van der Waals surface area contributed by atoms with Crippen molar-refractivity contribution in [2.24, 2.45) is 4.99 Å². The number of hydrogen-bond donors (Lipinski definition) is 2. The Morgan fingerprint density at radius 2 is 1.79 bits per heavy atom. The molecule has 2 aromatic rings. The SMILES string of the molecule is CN=C(NCC(=O)N1CCc2ccccc21)NCC(c1ccc(OC)cc1)N1CCCC1.I. The maximum atomic E-state index is 12.8. The molecule has 0 aliphatic carbocycles. The van der Waals surface area contributed by atoms with Gasteiger partial charge in [-0.25, -0.2) is 0 Å². The molecule has 2 N–H and O–H groups in total. The van der Waals surface area contributed by atoms with Crippen molar-refractivity contribution >= 4 is 41.5 Å². The molecule has 1 saturated heterocycles. The fourth-order valence-corrected chi connectivity index (χ4v) is 4.60. The standard InChI is InChI=1S/C25H33N5O2.HI/c1-26-25(28-18-24(31)30-16-13-19-7-3-4-8-22(19)30)27-17-23(29-14-5-6-15-29)20-9-11-21(32-2)12-10-20;/h3-4,7-12,23H,5-6,13-18H2,1-2H3,(H2,26,27,28);1H. The minimum absolute atomic E-state index is 0. The molecule has 2 heterocycles. The van der Waals surface area contributed by atoms with Crippen molar-refractivity contribution in [2.75, 3.05) is 51.8 Å². The number of hydrogen-bond acceptors (Lipinski definition) is 4. The zero-order valence-electron chi connectivity index (χ0n) is 19.4. The summed E-state index contributed by atoms with van der Waals surface area (Å²) in [5.41, 5.74) is 3.51. The summed E-state index contributed by atoms with van der Waals surface area (Å²) in [5.74, 6) is 1.56. The van der Waals surface area contributed by atoms with Crippen LogP contribution in [0.25, 0.3) is 0 Å². The number of amides is 1. The minimum atomic E-state index is 0. The lowest BCUT2D eigenvalue weighted by Crippen LogP contribution is -2.46. The number of methoxy groups -OCH3 is 1. The molecule has 2 aliphatic rings. The highest BCUT2D eigenvalue weighted by molar-refractivity contribution is 14.0. The molecular weight excluding hydrogens is 529 g/mol. The van der Waals surface area contributed by atoms with E-state index in [9.17, 15) is 4.79 Å². The molecule has 2 aromatic carbocycles. The Balaban J connectivity index is 0.00000306. The molecule has 7 nitrogen and oxygen atoms in total. The van der Waals surface area contributed by atoms with Gasteiger partial charge in [0.15, 0.2) is 5.96 Å². The lowest BCUT2D eigenvalue weighted by molar-refractivity contribution is -0.117. The number of para-hydroxylation sites is 1. The lowest BCUT2D eigenvalue weighted by atomic mass is 10.1. The van der Waals surface area contributed by atoms with Gasteiger partial charge in [-0.2, -0.15) is 0 Å². The van der Waals surface area contributed by atoms with Crippen LogP contribution in [-0.2, 0) is 11.2 Å². The topological polar surface area (TPSA) is 69.2 Å². The number of fused-ring (bicyclic) bond motifs is 1. The van der Waals surface area contributed by atoms with Crippen LogP contribution in [-0.4, -0.2) is 63.6 Å². The van der Waals surface area contributed by atoms with E-state index >= 15 is 0 Å². The van der Waals surface area contributed by atoms with Crippen molar-refractivity contribution in [3.63, 3.8) is 0 Å². The molecular formula is C25H34IN5O2. The number of nitrogens with one attached hydrogen (secondary N) is 2. The number of nitrogens with zero attached hydrogens (tertiary/aromatic N) is 3. The number of carbonyl (C=O) groups excluding carboxylic acids is 1. The Morgan fingerprint density at radius 3 is 2.48 bits per heavy atom. The van der Waals surface area contributed by atoms with Gasteiger partial charge in [0.2, 0.25) is 5.91 Å². The molecule has 0 aromatic heterocycles. The molecule has 2 aliphatic heterocycles. The van der Waals surface area contributed by atoms with E-state index in [0.717, 1.165) is 37.5 Å². The van der Waals surface area contributed by atoms with Gasteiger partial charge < -0.3 is 20.3 Å². The quantitative estimate of drug-likeness (QED) is 0.308. The number of aliphatic imine (C=N–C) groups is 1. The maximum absolute atomic E-state index is 12.8. The third-order valence-corrected chi connectivity index (χ3v) is 6.36. The second kappa shape index (κ2) is 12.2. The van der Waals surface area contributed by atoms with E-state index < -0.39 is 0 Å². The first-order valence-electron chi connectivity index (χ1n) is 11.4. The number of carbonyl (C=O) groups is 1. The Hall–Kier alpha value is -2.33. The summed E-state index contributed by atoms with van der Waals surface area (Å²) in [6, 6.07) is 16.6. The highest BCUT2D eigenvalue weighted by Crippen LogP contribution is 2.27. The molecule has 4 rings (SSSR count). The Kier molecular flexibility index (Phi) is 9.37. The van der Waals surface area contributed by atoms with E-state index in [4.69, 9.17) is 4.74 Å². The normalized spacial score (nSPS) is 16.7. The average Bonchev–Trinajstić information content (AvgIpc) is 3.52. The van der Waals surface area contributed by atoms with Crippen LogP contribution in [0.5, 0.6) is 5.75 Å². The van der Waals surface area contributed by atoms with Crippen LogP contribution < -0.4 is 20.3 Å². The van der Waals surface area contributed by atoms with Crippen molar-refractivity contribution < 1.29 is 9.53 Å². The highest BCUT2D eigenvalue weighted by atomic mass is 127. The first-order chi connectivity index (χ1) is 15.7. The predicted octanol–water partition coefficient (Wildman–Crippen LogP) is 3.20. The summed E-state index contributed by atoms with van der Waals surface area (Å²) < 4.78 is 5.31. The van der Waals surface area contributed by atoms with Gasteiger partial charge >= 0.3 is 0 Å². The first-order valence-corrected chi connectivity index (χ1v) is 11.4. The van der Waals surface area contributed by atoms with Crippen LogP contribution >= 0.6 is 24.0 Å². The van der Waals surface area contributed by atoms with E-state index in [1.807, 2.05) is 35.2 Å². The second-order valence-corrected chi connectivity index (χ2v) is 8.26. The molecule has 0 saturated carbocycles. The van der Waals surface area contributed by atoms with Crippen LogP contribution in [0, 0.1) is 0 Å². The number of likely N-dealkylation sites (tertiary alicyclic amines) is 1. The van der Waals surface area contributed by atoms with Crippen LogP contribution in [0.15, 0.2) is 53.5 Å². The van der Waals surface area contributed by atoms with Gasteiger partial charge in [0, 0.05) is 25.8 Å². The molecule has 0 spiro atoms. The fraction of sp³-hybridized carbons (Fsp3) is 0.440. The first kappa shape index (κ1) is 25.3. The monoisotopic (exact) mass is 563 g/mol. The largest absolute Gasteiger partial charge is 0.497 e. The molecule has 1 unspecified atom stereocenters. The molecule has 0 radical (unpaired) electrons. The van der Waals surface area contributed by atoms with Crippen molar-refractivity contribution in [2.45, 2.75) is 25.3 Å². The summed E-state index contributed by atoms with van der Waals surface area (Å²) in [7, 11) is 3.43. The van der Waals surface area contributed by atoms with Gasteiger partial charge in [0.1, 0.15) is 5.75 Å². The summed E-state index contributed by atoms with van der Waals surface area (Å²) in [6.45, 7) is 3.85. The molecule has 1 amide bonds. The minimum Gasteiger partial charge on any atom is -0.497 e. The van der Waals surface area contributed by atoms with E-state index in [1.165, 1.54) is 24.0 Å². The van der Waals surface area contributed by atoms with Gasteiger partial charge in [-0.3, -0.25) is 14.7 Å². The van der Waals surface area contributed by atoms with Crippen molar-refractivity contribution in [3.8, 4) is 5.75 Å². The Morgan fingerprint density at radius 1 is 1.06 bits per heavy atom. The highest BCUT2D eigenvalue weighted by Gasteiger charge is 2.25. The molecule has 178 valence electrons. The zero-order valence-corrected chi connectivity index (χ0v) is 21.7. The Labute approximate surface area is 213 Å². The molecule has 1 atom stereocenters. The molecule has 0 bridgehead atoms. The zero-order chi connectivity index (χ0) is 22.3. The van der Waals surface area contributed by atoms with Crippen molar-refractivity contribution in [1.29, 1.82) is 0 Å². The van der Waals surface area contributed by atoms with Crippen molar-refractivity contribution in [3.05, 3.63) is 59.7 Å². The molecule has 1 fully saturated rings. The average molecular weight is 563 g/mol. The van der Waals surface area contributed by atoms with E-state index in [0.29, 0.717) is 12.5 Å². The maximum Gasteiger partial charge on any atom is 0.246 e. The van der Waals surface area contributed by atoms with Crippen molar-refractivity contribution in [1.82, 2.24) is 15.5 Å². The van der Waals surface area contributed by atoms with E-state index in [2.05, 4.69) is 38.7 Å². The van der Waals surface area contributed by atoms with Gasteiger partial charge in [-0.15, -0.1) is 24.0 Å². The summed E-state index contributed by atoms with van der Waals surface area (Å²) in [5, 5.41) is 6.64. The lowest BCUT2D eigenvalue weighted by Gasteiger charge is -2.29. The van der Waals surface area contributed by atoms with Gasteiger partial charge in [-0.05, 0) is 61.7 Å². The number of anilines is 1. The van der Waals surface area contributed by atoms with Gasteiger partial charge in [0.25, 0.3) is 0 Å². The van der Waals surface area contributed by atoms with Gasteiger partial charge in [-0.1, -0.05) is 30.3 Å². The predicted molar refractivity (Wildman–Crippen MR) is 144 cm³/mol. The number of rotatable bonds is 7. The third-order valence-electron chi connectivity index (χ3n) is 6.36. The smallest absolute Gasteiger partial charge is 0.246 e. The number of halogens is 1. The fourth-order valence-electron chi connectivity index (χ4n) is 4.60. The summed E-state index contributed by atoms with van der Waals surface area (Å²) >= 11 is 0. The summed E-state index contributed by atoms with van der Waals surface area (Å²) in [4.78, 5) is 21.5.